The number of hydrogen-bond acceptors (Lipinski definition) is 3. The number of fused-ring (bicyclic) bond motifs is 1. The molecule has 0 aliphatic heterocycles. The summed E-state index contributed by atoms with van der Waals surface area (Å²) in [6, 6.07) is 3.32. The van der Waals surface area contributed by atoms with E-state index in [0.29, 0.717) is 27.6 Å². The molecule has 1 fully saturated rings. The van der Waals surface area contributed by atoms with E-state index in [1.807, 2.05) is 0 Å². The molecule has 1 unspecified atom stereocenters. The lowest BCUT2D eigenvalue weighted by atomic mass is 9.96. The first-order chi connectivity index (χ1) is 11.0. The number of aryl methyl sites for hydroxylation is 1. The summed E-state index contributed by atoms with van der Waals surface area (Å²) in [5.74, 6) is -3.56. The Balaban J connectivity index is 2.12. The van der Waals surface area contributed by atoms with Crippen molar-refractivity contribution in [3.8, 4) is 0 Å². The Morgan fingerprint density at radius 2 is 2.08 bits per heavy atom. The maximum Gasteiger partial charge on any atom is 0.418 e. The van der Waals surface area contributed by atoms with E-state index in [4.69, 9.17) is 4.74 Å². The first-order valence-electron chi connectivity index (χ1n) is 7.90. The van der Waals surface area contributed by atoms with E-state index >= 15 is 0 Å². The second-order valence-electron chi connectivity index (χ2n) is 7.37. The summed E-state index contributed by atoms with van der Waals surface area (Å²) < 4.78 is 33.7. The molecule has 0 radical (unpaired) electrons. The molecular formula is C18H21F2NO3. The third-order valence-electron chi connectivity index (χ3n) is 4.26. The van der Waals surface area contributed by atoms with Gasteiger partial charge < -0.3 is 9.84 Å². The predicted molar refractivity (Wildman–Crippen MR) is 86.5 cm³/mol. The zero-order chi connectivity index (χ0) is 17.9. The molecule has 1 aliphatic rings. The number of aromatic nitrogens is 1. The number of carbonyl (C=O) groups excluding carboxylic acids is 1. The van der Waals surface area contributed by atoms with Crippen LogP contribution in [0.1, 0.15) is 49.8 Å². The number of benzene rings is 1. The second-order valence-corrected chi connectivity index (χ2v) is 7.37. The van der Waals surface area contributed by atoms with E-state index in [-0.39, 0.29) is 13.0 Å². The first-order valence-corrected chi connectivity index (χ1v) is 7.90. The lowest BCUT2D eigenvalue weighted by Crippen LogP contribution is -2.26. The van der Waals surface area contributed by atoms with Crippen molar-refractivity contribution in [1.29, 1.82) is 0 Å². The molecule has 6 heteroatoms. The largest absolute Gasteiger partial charge is 0.443 e. The lowest BCUT2D eigenvalue weighted by Gasteiger charge is -2.20. The minimum Gasteiger partial charge on any atom is -0.443 e. The quantitative estimate of drug-likeness (QED) is 0.886. The monoisotopic (exact) mass is 337 g/mol. The fourth-order valence-corrected chi connectivity index (χ4v) is 3.12. The van der Waals surface area contributed by atoms with Crippen LogP contribution < -0.4 is 0 Å². The number of aliphatic hydroxyl groups is 1. The van der Waals surface area contributed by atoms with Gasteiger partial charge in [-0.15, -0.1) is 0 Å². The molecule has 2 aromatic rings. The van der Waals surface area contributed by atoms with Crippen LogP contribution in [0.5, 0.6) is 0 Å². The van der Waals surface area contributed by atoms with E-state index in [1.165, 1.54) is 4.57 Å². The van der Waals surface area contributed by atoms with Gasteiger partial charge in [-0.2, -0.15) is 0 Å². The van der Waals surface area contributed by atoms with E-state index < -0.39 is 23.5 Å². The number of carbonyl (C=O) groups is 1. The van der Waals surface area contributed by atoms with Gasteiger partial charge in [0.2, 0.25) is 0 Å². The first kappa shape index (κ1) is 16.9. The van der Waals surface area contributed by atoms with Crippen LogP contribution in [-0.4, -0.2) is 27.3 Å². The molecule has 1 N–H and O–H groups in total. The molecule has 130 valence electrons. The van der Waals surface area contributed by atoms with Crippen LogP contribution in [0.2, 0.25) is 0 Å². The van der Waals surface area contributed by atoms with Crippen LogP contribution in [0.4, 0.5) is 13.6 Å². The van der Waals surface area contributed by atoms with Crippen molar-refractivity contribution in [2.24, 2.45) is 0 Å². The standard InChI is InChI=1S/C18H21F2NO3/c1-10-7-12(14-8-18(14,19)20)13(9-22)11-5-6-21(15(10)11)16(23)24-17(2,3)4/h5-7,14,22H,8-9H2,1-4H3. The number of halogens is 2. The van der Waals surface area contributed by atoms with Gasteiger partial charge in [0, 0.05) is 18.0 Å². The average molecular weight is 337 g/mol. The number of alkyl halides is 2. The summed E-state index contributed by atoms with van der Waals surface area (Å²) in [6.07, 6.45) is 0.825. The van der Waals surface area contributed by atoms with Gasteiger partial charge in [0.25, 0.3) is 5.92 Å². The zero-order valence-corrected chi connectivity index (χ0v) is 14.2. The van der Waals surface area contributed by atoms with Crippen molar-refractivity contribution in [1.82, 2.24) is 4.57 Å². The van der Waals surface area contributed by atoms with E-state index in [9.17, 15) is 18.7 Å². The molecule has 1 heterocycles. The highest BCUT2D eigenvalue weighted by Crippen LogP contribution is 2.57. The van der Waals surface area contributed by atoms with Crippen LogP contribution in [-0.2, 0) is 11.3 Å². The van der Waals surface area contributed by atoms with Gasteiger partial charge in [0.15, 0.2) is 0 Å². The van der Waals surface area contributed by atoms with Gasteiger partial charge in [0.1, 0.15) is 5.60 Å². The maximum absolute atomic E-state index is 13.5. The highest BCUT2D eigenvalue weighted by Gasteiger charge is 2.58. The van der Waals surface area contributed by atoms with E-state index in [0.717, 1.165) is 0 Å². The summed E-state index contributed by atoms with van der Waals surface area (Å²) in [7, 11) is 0. The maximum atomic E-state index is 13.5. The van der Waals surface area contributed by atoms with Crippen molar-refractivity contribution >= 4 is 17.0 Å². The Kier molecular flexibility index (Phi) is 3.71. The van der Waals surface area contributed by atoms with Crippen molar-refractivity contribution in [2.75, 3.05) is 0 Å². The second kappa shape index (κ2) is 5.28. The van der Waals surface area contributed by atoms with Crippen LogP contribution in [0, 0.1) is 6.92 Å². The average Bonchev–Trinajstić information content (AvgIpc) is 2.89. The molecule has 4 nitrogen and oxygen atoms in total. The molecule has 1 aromatic carbocycles. The molecule has 0 spiro atoms. The molecule has 0 amide bonds. The Morgan fingerprint density at radius 1 is 1.46 bits per heavy atom. The molecule has 1 saturated carbocycles. The topological polar surface area (TPSA) is 51.5 Å². The minimum atomic E-state index is -2.71. The molecule has 1 aromatic heterocycles. The number of hydrogen-bond donors (Lipinski definition) is 1. The molecule has 1 aliphatic carbocycles. The third-order valence-corrected chi connectivity index (χ3v) is 4.26. The fourth-order valence-electron chi connectivity index (χ4n) is 3.12. The van der Waals surface area contributed by atoms with Gasteiger partial charge in [-0.05, 0) is 50.5 Å². The Morgan fingerprint density at radius 3 is 2.58 bits per heavy atom. The summed E-state index contributed by atoms with van der Waals surface area (Å²) >= 11 is 0. The summed E-state index contributed by atoms with van der Waals surface area (Å²) in [5, 5.41) is 10.3. The van der Waals surface area contributed by atoms with Crippen molar-refractivity contribution in [3.63, 3.8) is 0 Å². The minimum absolute atomic E-state index is 0.197. The lowest BCUT2D eigenvalue weighted by molar-refractivity contribution is 0.0544. The number of rotatable bonds is 2. The normalized spacial score (nSPS) is 19.5. The van der Waals surface area contributed by atoms with Gasteiger partial charge in [-0.3, -0.25) is 4.57 Å². The van der Waals surface area contributed by atoms with Crippen LogP contribution in [0.3, 0.4) is 0 Å². The number of nitrogens with zero attached hydrogens (tertiary/aromatic N) is 1. The van der Waals surface area contributed by atoms with Gasteiger partial charge in [-0.25, -0.2) is 13.6 Å². The predicted octanol–water partition coefficient (Wildman–Crippen LogP) is 4.35. The van der Waals surface area contributed by atoms with Gasteiger partial charge in [-0.1, -0.05) is 6.07 Å². The van der Waals surface area contributed by atoms with E-state index in [2.05, 4.69) is 0 Å². The highest BCUT2D eigenvalue weighted by molar-refractivity contribution is 5.94. The van der Waals surface area contributed by atoms with E-state index in [1.54, 1.807) is 46.0 Å². The van der Waals surface area contributed by atoms with Crippen molar-refractivity contribution < 1.29 is 23.4 Å². The summed E-state index contributed by atoms with van der Waals surface area (Å²) in [5.41, 5.74) is 1.57. The fraction of sp³-hybridized carbons (Fsp3) is 0.500. The van der Waals surface area contributed by atoms with Crippen LogP contribution in [0.25, 0.3) is 10.9 Å². The van der Waals surface area contributed by atoms with Gasteiger partial charge >= 0.3 is 6.09 Å². The van der Waals surface area contributed by atoms with Crippen molar-refractivity contribution in [3.05, 3.63) is 35.0 Å². The van der Waals surface area contributed by atoms with Crippen molar-refractivity contribution in [2.45, 2.75) is 58.2 Å². The molecule has 0 bridgehead atoms. The van der Waals surface area contributed by atoms with Gasteiger partial charge in [0.05, 0.1) is 18.0 Å². The molecule has 0 saturated heterocycles. The zero-order valence-electron chi connectivity index (χ0n) is 14.2. The summed E-state index contributed by atoms with van der Waals surface area (Å²) in [6.45, 7) is 6.74. The molecule has 1 atom stereocenters. The summed E-state index contributed by atoms with van der Waals surface area (Å²) in [4.78, 5) is 12.4. The Hall–Kier alpha value is -1.95. The van der Waals surface area contributed by atoms with Crippen LogP contribution >= 0.6 is 0 Å². The number of aliphatic hydroxyl groups excluding tert-OH is 1. The third kappa shape index (κ3) is 2.79. The Labute approximate surface area is 139 Å². The molecular weight excluding hydrogens is 316 g/mol. The molecule has 24 heavy (non-hydrogen) atoms. The number of ether oxygens (including phenoxy) is 1. The smallest absolute Gasteiger partial charge is 0.418 e. The highest BCUT2D eigenvalue weighted by atomic mass is 19.3. The Bertz CT molecular complexity index is 818. The SMILES string of the molecule is Cc1cc(C2CC2(F)F)c(CO)c2ccn(C(=O)OC(C)(C)C)c12. The molecule has 3 rings (SSSR count). The van der Waals surface area contributed by atoms with Crippen LogP contribution in [0.15, 0.2) is 18.3 Å².